The molecule has 0 aliphatic carbocycles. The normalized spacial score (nSPS) is 10.5. The maximum Gasteiger partial charge on any atom is 0.267 e. The summed E-state index contributed by atoms with van der Waals surface area (Å²) in [7, 11) is 3.81. The molecule has 0 radical (unpaired) electrons. The summed E-state index contributed by atoms with van der Waals surface area (Å²) in [4.78, 5) is 17.7. The first-order valence-electron chi connectivity index (χ1n) is 5.11. The second-order valence-corrected chi connectivity index (χ2v) is 4.59. The molecule has 90 valence electrons. The first kappa shape index (κ1) is 11.7. The lowest BCUT2D eigenvalue weighted by Gasteiger charge is -2.04. The Morgan fingerprint density at radius 3 is 2.82 bits per heavy atom. The number of aromatic nitrogens is 4. The topological polar surface area (TPSA) is 63.9 Å². The number of nitrogens with zero attached hydrogens (tertiary/aromatic N) is 5. The quantitative estimate of drug-likeness (QED) is 0.795. The Morgan fingerprint density at radius 1 is 1.41 bits per heavy atom. The van der Waals surface area contributed by atoms with Gasteiger partial charge in [-0.2, -0.15) is 9.47 Å². The molecular formula is C10H13N5OS. The maximum absolute atomic E-state index is 11.6. The highest BCUT2D eigenvalue weighted by atomic mass is 32.1. The minimum Gasteiger partial charge on any atom is -0.353 e. The molecule has 0 aromatic carbocycles. The van der Waals surface area contributed by atoms with E-state index in [1.165, 1.54) is 22.3 Å². The van der Waals surface area contributed by atoms with Crippen LogP contribution in [-0.2, 0) is 6.54 Å². The van der Waals surface area contributed by atoms with Gasteiger partial charge in [-0.05, 0) is 13.0 Å². The van der Waals surface area contributed by atoms with Crippen LogP contribution in [0.2, 0.25) is 0 Å². The van der Waals surface area contributed by atoms with E-state index in [1.807, 2.05) is 25.9 Å². The van der Waals surface area contributed by atoms with Crippen LogP contribution in [0.5, 0.6) is 0 Å². The van der Waals surface area contributed by atoms with Crippen molar-refractivity contribution in [3.05, 3.63) is 34.0 Å². The molecule has 0 N–H and O–H groups in total. The van der Waals surface area contributed by atoms with Gasteiger partial charge in [-0.15, -0.1) is 0 Å². The van der Waals surface area contributed by atoms with Gasteiger partial charge in [0.2, 0.25) is 5.13 Å². The van der Waals surface area contributed by atoms with Crippen molar-refractivity contribution in [3.63, 3.8) is 0 Å². The van der Waals surface area contributed by atoms with E-state index in [2.05, 4.69) is 14.5 Å². The van der Waals surface area contributed by atoms with E-state index < -0.39 is 0 Å². The summed E-state index contributed by atoms with van der Waals surface area (Å²) in [5.41, 5.74) is 0.657. The Kier molecular flexibility index (Phi) is 3.19. The van der Waals surface area contributed by atoms with Crippen LogP contribution in [-0.4, -0.2) is 33.2 Å². The fourth-order valence-corrected chi connectivity index (χ4v) is 1.88. The van der Waals surface area contributed by atoms with E-state index in [1.54, 1.807) is 6.07 Å². The summed E-state index contributed by atoms with van der Waals surface area (Å²) in [5, 5.41) is 4.96. The van der Waals surface area contributed by atoms with Crippen molar-refractivity contribution in [1.82, 2.24) is 19.1 Å². The second-order valence-electron chi connectivity index (χ2n) is 3.86. The van der Waals surface area contributed by atoms with Crippen LogP contribution in [0, 0.1) is 6.92 Å². The third-order valence-electron chi connectivity index (χ3n) is 2.13. The van der Waals surface area contributed by atoms with Crippen LogP contribution < -0.4 is 10.5 Å². The van der Waals surface area contributed by atoms with E-state index in [0.717, 1.165) is 10.8 Å². The van der Waals surface area contributed by atoms with Crippen LogP contribution in [0.1, 0.15) is 11.5 Å². The van der Waals surface area contributed by atoms with Gasteiger partial charge >= 0.3 is 0 Å². The fourth-order valence-electron chi connectivity index (χ4n) is 1.29. The Labute approximate surface area is 103 Å². The number of aryl methyl sites for hydroxylation is 1. The predicted octanol–water partition coefficient (Wildman–Crippen LogP) is 0.518. The second kappa shape index (κ2) is 4.62. The summed E-state index contributed by atoms with van der Waals surface area (Å²) < 4.78 is 5.56. The van der Waals surface area contributed by atoms with E-state index in [4.69, 9.17) is 0 Å². The van der Waals surface area contributed by atoms with Crippen molar-refractivity contribution in [2.75, 3.05) is 19.0 Å². The summed E-state index contributed by atoms with van der Waals surface area (Å²) in [5.74, 6) is 0.610. The highest BCUT2D eigenvalue weighted by molar-refractivity contribution is 7.09. The Bertz CT molecular complexity index is 574. The largest absolute Gasteiger partial charge is 0.353 e. The first-order valence-corrected chi connectivity index (χ1v) is 5.88. The zero-order valence-electron chi connectivity index (χ0n) is 9.91. The number of hydrogen-bond donors (Lipinski definition) is 0. The van der Waals surface area contributed by atoms with Crippen molar-refractivity contribution in [3.8, 4) is 0 Å². The average Bonchev–Trinajstić information content (AvgIpc) is 2.72. The van der Waals surface area contributed by atoms with E-state index in [0.29, 0.717) is 12.4 Å². The van der Waals surface area contributed by atoms with Gasteiger partial charge < -0.3 is 4.90 Å². The Morgan fingerprint density at radius 2 is 2.18 bits per heavy atom. The van der Waals surface area contributed by atoms with Crippen molar-refractivity contribution in [1.29, 1.82) is 0 Å². The van der Waals surface area contributed by atoms with Gasteiger partial charge in [0, 0.05) is 31.7 Å². The van der Waals surface area contributed by atoms with Gasteiger partial charge in [0.15, 0.2) is 5.82 Å². The Balaban J connectivity index is 2.25. The summed E-state index contributed by atoms with van der Waals surface area (Å²) in [6.45, 7) is 2.15. The fraction of sp³-hybridized carbons (Fsp3) is 0.400. The monoisotopic (exact) mass is 251 g/mol. The van der Waals surface area contributed by atoms with Crippen LogP contribution in [0.3, 0.4) is 0 Å². The van der Waals surface area contributed by atoms with Crippen molar-refractivity contribution >= 4 is 16.7 Å². The van der Waals surface area contributed by atoms with Crippen molar-refractivity contribution in [2.45, 2.75) is 13.5 Å². The minimum absolute atomic E-state index is 0.142. The first-order chi connectivity index (χ1) is 8.06. The molecule has 0 atom stereocenters. The molecule has 0 bridgehead atoms. The molecule has 2 aromatic rings. The predicted molar refractivity (Wildman–Crippen MR) is 66.6 cm³/mol. The standard InChI is InChI=1S/C10H13N5OS/c1-7-4-5-9(16)15(12-7)6-8-11-10(14(2)3)17-13-8/h4-5H,6H2,1-3H3. The zero-order valence-corrected chi connectivity index (χ0v) is 10.7. The van der Waals surface area contributed by atoms with Crippen LogP contribution >= 0.6 is 11.5 Å². The van der Waals surface area contributed by atoms with Gasteiger partial charge in [0.25, 0.3) is 5.56 Å². The average molecular weight is 251 g/mol. The lowest BCUT2D eigenvalue weighted by molar-refractivity contribution is 0.611. The summed E-state index contributed by atoms with van der Waals surface area (Å²) in [6, 6.07) is 3.19. The molecule has 2 aromatic heterocycles. The SMILES string of the molecule is Cc1ccc(=O)n(Cc2nsc(N(C)C)n2)n1. The molecule has 0 amide bonds. The molecule has 6 nitrogen and oxygen atoms in total. The van der Waals surface area contributed by atoms with E-state index >= 15 is 0 Å². The smallest absolute Gasteiger partial charge is 0.267 e. The van der Waals surface area contributed by atoms with Crippen LogP contribution in [0.25, 0.3) is 0 Å². The number of anilines is 1. The molecule has 2 heterocycles. The van der Waals surface area contributed by atoms with Gasteiger partial charge in [-0.25, -0.2) is 9.67 Å². The lowest BCUT2D eigenvalue weighted by Crippen LogP contribution is -2.23. The molecule has 7 heteroatoms. The molecule has 0 saturated carbocycles. The lowest BCUT2D eigenvalue weighted by atomic mass is 10.4. The molecule has 0 aliphatic heterocycles. The third-order valence-corrected chi connectivity index (χ3v) is 3.05. The molecular weight excluding hydrogens is 238 g/mol. The summed E-state index contributed by atoms with van der Waals surface area (Å²) >= 11 is 1.31. The summed E-state index contributed by atoms with van der Waals surface area (Å²) in [6.07, 6.45) is 0. The Hall–Kier alpha value is -1.76. The molecule has 0 unspecified atom stereocenters. The molecule has 0 aliphatic rings. The van der Waals surface area contributed by atoms with Gasteiger partial charge in [-0.3, -0.25) is 4.79 Å². The molecule has 2 rings (SSSR count). The van der Waals surface area contributed by atoms with Gasteiger partial charge in [0.05, 0.1) is 5.69 Å². The van der Waals surface area contributed by atoms with Crippen molar-refractivity contribution in [2.24, 2.45) is 0 Å². The van der Waals surface area contributed by atoms with Crippen LogP contribution in [0.15, 0.2) is 16.9 Å². The van der Waals surface area contributed by atoms with Crippen LogP contribution in [0.4, 0.5) is 5.13 Å². The molecule has 0 spiro atoms. The zero-order chi connectivity index (χ0) is 12.4. The van der Waals surface area contributed by atoms with Gasteiger partial charge in [-0.1, -0.05) is 0 Å². The molecule has 17 heavy (non-hydrogen) atoms. The van der Waals surface area contributed by atoms with E-state index in [9.17, 15) is 4.79 Å². The van der Waals surface area contributed by atoms with Gasteiger partial charge in [0.1, 0.15) is 6.54 Å². The molecule has 0 saturated heterocycles. The number of rotatable bonds is 3. The maximum atomic E-state index is 11.6. The van der Waals surface area contributed by atoms with Crippen molar-refractivity contribution < 1.29 is 0 Å². The number of hydrogen-bond acceptors (Lipinski definition) is 6. The minimum atomic E-state index is -0.142. The highest BCUT2D eigenvalue weighted by Crippen LogP contribution is 2.13. The van der Waals surface area contributed by atoms with E-state index in [-0.39, 0.29) is 5.56 Å². The third kappa shape index (κ3) is 2.68. The highest BCUT2D eigenvalue weighted by Gasteiger charge is 2.07. The molecule has 0 fully saturated rings.